The molecule has 4 aromatic rings. The van der Waals surface area contributed by atoms with E-state index >= 15 is 0 Å². The van der Waals surface area contributed by atoms with Crippen LogP contribution in [0.3, 0.4) is 0 Å². The zero-order valence-electron chi connectivity index (χ0n) is 14.0. The van der Waals surface area contributed by atoms with Gasteiger partial charge in [0.15, 0.2) is 5.82 Å². The maximum atomic E-state index is 10.8. The summed E-state index contributed by atoms with van der Waals surface area (Å²) in [5.41, 5.74) is 2.18. The lowest BCUT2D eigenvalue weighted by Crippen LogP contribution is -2.13. The van der Waals surface area contributed by atoms with Crippen molar-refractivity contribution in [1.82, 2.24) is 10.1 Å². The number of anilines is 1. The van der Waals surface area contributed by atoms with Crippen molar-refractivity contribution in [2.45, 2.75) is 13.0 Å². The van der Waals surface area contributed by atoms with Gasteiger partial charge in [0.1, 0.15) is 17.0 Å². The molecule has 2 aromatic heterocycles. The molecule has 4 rings (SSSR count). The van der Waals surface area contributed by atoms with Gasteiger partial charge in [-0.1, -0.05) is 47.1 Å². The number of nitrogens with one attached hydrogen (secondary N) is 1. The number of pyridine rings is 1. The number of aromatic nitrogens is 2. The SMILES string of the molecule is Cc1cc(N[C@H](c2ccc(Cl)cc2)c2ccc3cccnc3c2O)no1. The molecule has 0 saturated carbocycles. The second-order valence-corrected chi connectivity index (χ2v) is 6.47. The summed E-state index contributed by atoms with van der Waals surface area (Å²) in [5.74, 6) is 1.42. The molecule has 130 valence electrons. The molecule has 0 spiro atoms. The maximum absolute atomic E-state index is 10.8. The molecule has 2 aromatic carbocycles. The number of hydrogen-bond acceptors (Lipinski definition) is 5. The Labute approximate surface area is 155 Å². The molecule has 0 saturated heterocycles. The van der Waals surface area contributed by atoms with Gasteiger partial charge in [-0.2, -0.15) is 0 Å². The van der Waals surface area contributed by atoms with Gasteiger partial charge in [-0.3, -0.25) is 4.98 Å². The number of phenolic OH excluding ortho intramolecular Hbond substituents is 1. The number of phenols is 1. The largest absolute Gasteiger partial charge is 0.505 e. The van der Waals surface area contributed by atoms with Crippen LogP contribution in [0.5, 0.6) is 5.75 Å². The van der Waals surface area contributed by atoms with Crippen molar-refractivity contribution in [2.75, 3.05) is 5.32 Å². The monoisotopic (exact) mass is 365 g/mol. The van der Waals surface area contributed by atoms with Crippen LogP contribution < -0.4 is 5.32 Å². The zero-order chi connectivity index (χ0) is 18.1. The van der Waals surface area contributed by atoms with Gasteiger partial charge in [0.05, 0.1) is 6.04 Å². The van der Waals surface area contributed by atoms with E-state index in [0.29, 0.717) is 27.7 Å². The van der Waals surface area contributed by atoms with Crippen LogP contribution in [0, 0.1) is 6.92 Å². The van der Waals surface area contributed by atoms with E-state index in [4.69, 9.17) is 16.1 Å². The van der Waals surface area contributed by atoms with Gasteiger partial charge < -0.3 is 14.9 Å². The third-order valence-corrected chi connectivity index (χ3v) is 4.47. The molecular formula is C20H16ClN3O2. The van der Waals surface area contributed by atoms with Crippen LogP contribution in [-0.4, -0.2) is 15.2 Å². The van der Waals surface area contributed by atoms with E-state index < -0.39 is 0 Å². The van der Waals surface area contributed by atoms with E-state index in [1.165, 1.54) is 0 Å². The number of aromatic hydroxyl groups is 1. The van der Waals surface area contributed by atoms with Gasteiger partial charge in [-0.15, -0.1) is 0 Å². The summed E-state index contributed by atoms with van der Waals surface area (Å²) in [6.07, 6.45) is 1.66. The highest BCUT2D eigenvalue weighted by atomic mass is 35.5. The summed E-state index contributed by atoms with van der Waals surface area (Å²) in [5, 5.41) is 19.7. The lowest BCUT2D eigenvalue weighted by atomic mass is 9.96. The highest BCUT2D eigenvalue weighted by Gasteiger charge is 2.21. The normalized spacial score (nSPS) is 12.2. The first-order valence-corrected chi connectivity index (χ1v) is 8.51. The van der Waals surface area contributed by atoms with E-state index in [-0.39, 0.29) is 11.8 Å². The first kappa shape index (κ1) is 16.4. The lowest BCUT2D eigenvalue weighted by Gasteiger charge is -2.21. The van der Waals surface area contributed by atoms with E-state index in [1.807, 2.05) is 55.5 Å². The first-order chi connectivity index (χ1) is 12.6. The Morgan fingerprint density at radius 2 is 1.92 bits per heavy atom. The smallest absolute Gasteiger partial charge is 0.170 e. The number of rotatable bonds is 4. The van der Waals surface area contributed by atoms with Crippen LogP contribution in [0.1, 0.15) is 22.9 Å². The van der Waals surface area contributed by atoms with Crippen molar-refractivity contribution >= 4 is 28.3 Å². The van der Waals surface area contributed by atoms with Crippen molar-refractivity contribution in [1.29, 1.82) is 0 Å². The molecule has 0 unspecified atom stereocenters. The Morgan fingerprint density at radius 3 is 2.65 bits per heavy atom. The average molecular weight is 366 g/mol. The topological polar surface area (TPSA) is 71.2 Å². The van der Waals surface area contributed by atoms with E-state index in [9.17, 15) is 5.11 Å². The standard InChI is InChI=1S/C20H16ClN3O2/c1-12-11-17(24-26-12)23-18(14-4-7-15(21)8-5-14)16-9-6-13-3-2-10-22-19(13)20(16)25/h2-11,18,25H,1H3,(H,23,24)/t18-/m1/s1. The summed E-state index contributed by atoms with van der Waals surface area (Å²) in [6.45, 7) is 1.83. The van der Waals surface area contributed by atoms with E-state index in [1.54, 1.807) is 12.3 Å². The maximum Gasteiger partial charge on any atom is 0.170 e. The molecule has 26 heavy (non-hydrogen) atoms. The second-order valence-electron chi connectivity index (χ2n) is 6.03. The molecule has 0 radical (unpaired) electrons. The molecule has 0 aliphatic carbocycles. The van der Waals surface area contributed by atoms with Crippen molar-refractivity contribution in [2.24, 2.45) is 0 Å². The average Bonchev–Trinajstić information content (AvgIpc) is 3.06. The molecule has 0 amide bonds. The van der Waals surface area contributed by atoms with Gasteiger partial charge >= 0.3 is 0 Å². The Balaban J connectivity index is 1.84. The fourth-order valence-corrected chi connectivity index (χ4v) is 3.08. The summed E-state index contributed by atoms with van der Waals surface area (Å²) in [6, 6.07) is 16.5. The second kappa shape index (κ2) is 6.69. The number of benzene rings is 2. The van der Waals surface area contributed by atoms with Crippen molar-refractivity contribution < 1.29 is 9.63 Å². The fraction of sp³-hybridized carbons (Fsp3) is 0.100. The van der Waals surface area contributed by atoms with Gasteiger partial charge in [0.25, 0.3) is 0 Å². The molecule has 2 N–H and O–H groups in total. The molecule has 0 aliphatic heterocycles. The Bertz CT molecular complexity index is 1060. The highest BCUT2D eigenvalue weighted by molar-refractivity contribution is 6.30. The Hall–Kier alpha value is -3.05. The van der Waals surface area contributed by atoms with Gasteiger partial charge in [-0.05, 0) is 30.7 Å². The third-order valence-electron chi connectivity index (χ3n) is 4.21. The molecule has 0 aliphatic rings. The number of nitrogens with zero attached hydrogens (tertiary/aromatic N) is 2. The van der Waals surface area contributed by atoms with E-state index in [0.717, 1.165) is 10.9 Å². The molecular weight excluding hydrogens is 350 g/mol. The van der Waals surface area contributed by atoms with Crippen molar-refractivity contribution in [3.05, 3.63) is 82.7 Å². The molecule has 6 heteroatoms. The summed E-state index contributed by atoms with van der Waals surface area (Å²) in [4.78, 5) is 4.31. The predicted molar refractivity (Wildman–Crippen MR) is 102 cm³/mol. The zero-order valence-corrected chi connectivity index (χ0v) is 14.7. The lowest BCUT2D eigenvalue weighted by molar-refractivity contribution is 0.399. The molecule has 1 atom stereocenters. The minimum atomic E-state index is -0.344. The van der Waals surface area contributed by atoms with Crippen LogP contribution in [-0.2, 0) is 0 Å². The first-order valence-electron chi connectivity index (χ1n) is 8.14. The quantitative estimate of drug-likeness (QED) is 0.527. The highest BCUT2D eigenvalue weighted by Crippen LogP contribution is 2.36. The van der Waals surface area contributed by atoms with Crippen molar-refractivity contribution in [3.63, 3.8) is 0 Å². The third kappa shape index (κ3) is 3.09. The molecule has 0 bridgehead atoms. The number of halogens is 1. The van der Waals surface area contributed by atoms with Gasteiger partial charge in [0, 0.05) is 28.2 Å². The summed E-state index contributed by atoms with van der Waals surface area (Å²) < 4.78 is 5.15. The van der Waals surface area contributed by atoms with Gasteiger partial charge in [-0.25, -0.2) is 0 Å². The number of fused-ring (bicyclic) bond motifs is 1. The van der Waals surface area contributed by atoms with Crippen LogP contribution >= 0.6 is 11.6 Å². The molecule has 5 nitrogen and oxygen atoms in total. The van der Waals surface area contributed by atoms with Gasteiger partial charge in [0.2, 0.25) is 0 Å². The van der Waals surface area contributed by atoms with Crippen LogP contribution in [0.2, 0.25) is 5.02 Å². The number of hydrogen-bond donors (Lipinski definition) is 2. The molecule has 0 fully saturated rings. The molecule has 2 heterocycles. The predicted octanol–water partition coefficient (Wildman–Crippen LogP) is 5.09. The van der Waals surface area contributed by atoms with Crippen LogP contribution in [0.15, 0.2) is 65.3 Å². The van der Waals surface area contributed by atoms with Crippen LogP contribution in [0.4, 0.5) is 5.82 Å². The Kier molecular flexibility index (Phi) is 4.22. The Morgan fingerprint density at radius 1 is 1.12 bits per heavy atom. The fourth-order valence-electron chi connectivity index (χ4n) is 2.96. The number of aryl methyl sites for hydroxylation is 1. The summed E-state index contributed by atoms with van der Waals surface area (Å²) in [7, 11) is 0. The summed E-state index contributed by atoms with van der Waals surface area (Å²) >= 11 is 6.03. The minimum Gasteiger partial charge on any atom is -0.505 e. The van der Waals surface area contributed by atoms with Crippen LogP contribution in [0.25, 0.3) is 10.9 Å². The minimum absolute atomic E-state index is 0.135. The van der Waals surface area contributed by atoms with E-state index in [2.05, 4.69) is 15.5 Å². The van der Waals surface area contributed by atoms with Crippen molar-refractivity contribution in [3.8, 4) is 5.75 Å².